The highest BCUT2D eigenvalue weighted by molar-refractivity contribution is 6.09. The first-order chi connectivity index (χ1) is 8.16. The van der Waals surface area contributed by atoms with Crippen molar-refractivity contribution < 1.29 is 9.59 Å². The lowest BCUT2D eigenvalue weighted by atomic mass is 10.1. The van der Waals surface area contributed by atoms with Gasteiger partial charge in [0.2, 0.25) is 0 Å². The average molecular weight is 230 g/mol. The van der Waals surface area contributed by atoms with Crippen molar-refractivity contribution in [3.05, 3.63) is 47.7 Å². The Bertz CT molecular complexity index is 466. The maximum atomic E-state index is 11.8. The second-order valence-electron chi connectivity index (χ2n) is 4.04. The molecular weight excluding hydrogens is 216 g/mol. The SMILES string of the molecule is C[C@H]1CNC(=CC(=O)c2ccccc2)C(=O)N1. The molecule has 88 valence electrons. The topological polar surface area (TPSA) is 58.2 Å². The van der Waals surface area contributed by atoms with Crippen molar-refractivity contribution in [1.82, 2.24) is 10.6 Å². The molecule has 1 saturated heterocycles. The minimum Gasteiger partial charge on any atom is -0.378 e. The van der Waals surface area contributed by atoms with Crippen LogP contribution in [0.2, 0.25) is 0 Å². The van der Waals surface area contributed by atoms with Gasteiger partial charge in [0, 0.05) is 24.2 Å². The van der Waals surface area contributed by atoms with Crippen molar-refractivity contribution in [3.63, 3.8) is 0 Å². The molecule has 4 nitrogen and oxygen atoms in total. The Labute approximate surface area is 99.7 Å². The molecule has 0 spiro atoms. The van der Waals surface area contributed by atoms with Crippen molar-refractivity contribution in [2.45, 2.75) is 13.0 Å². The van der Waals surface area contributed by atoms with Crippen LogP contribution in [0.3, 0.4) is 0 Å². The summed E-state index contributed by atoms with van der Waals surface area (Å²) in [7, 11) is 0. The van der Waals surface area contributed by atoms with E-state index in [0.29, 0.717) is 17.8 Å². The summed E-state index contributed by atoms with van der Waals surface area (Å²) in [6, 6.07) is 8.97. The van der Waals surface area contributed by atoms with E-state index in [0.717, 1.165) is 0 Å². The van der Waals surface area contributed by atoms with E-state index in [1.165, 1.54) is 6.08 Å². The number of amides is 1. The fourth-order valence-electron chi connectivity index (χ4n) is 1.63. The molecule has 2 rings (SSSR count). The third kappa shape index (κ3) is 2.72. The standard InChI is InChI=1S/C13H14N2O2/c1-9-8-14-11(13(17)15-9)7-12(16)10-5-3-2-4-6-10/h2-7,9,14H,8H2,1H3,(H,15,17)/t9-/m0/s1. The van der Waals surface area contributed by atoms with Gasteiger partial charge < -0.3 is 10.6 Å². The molecule has 2 N–H and O–H groups in total. The number of carbonyl (C=O) groups is 2. The Morgan fingerprint density at radius 1 is 1.35 bits per heavy atom. The predicted molar refractivity (Wildman–Crippen MR) is 64.5 cm³/mol. The number of hydrogen-bond donors (Lipinski definition) is 2. The van der Waals surface area contributed by atoms with Gasteiger partial charge in [0.1, 0.15) is 5.70 Å². The van der Waals surface area contributed by atoms with E-state index in [2.05, 4.69) is 10.6 Å². The number of hydrogen-bond acceptors (Lipinski definition) is 3. The normalized spacial score (nSPS) is 21.8. The van der Waals surface area contributed by atoms with Gasteiger partial charge in [0.25, 0.3) is 5.91 Å². The van der Waals surface area contributed by atoms with E-state index in [1.807, 2.05) is 13.0 Å². The van der Waals surface area contributed by atoms with Crippen molar-refractivity contribution >= 4 is 11.7 Å². The summed E-state index contributed by atoms with van der Waals surface area (Å²) in [5.74, 6) is -0.397. The summed E-state index contributed by atoms with van der Waals surface area (Å²) in [6.07, 6.45) is 1.34. The molecule has 17 heavy (non-hydrogen) atoms. The molecule has 0 saturated carbocycles. The lowest BCUT2D eigenvalue weighted by molar-refractivity contribution is -0.119. The Hall–Kier alpha value is -2.10. The molecule has 1 atom stereocenters. The smallest absolute Gasteiger partial charge is 0.267 e. The van der Waals surface area contributed by atoms with E-state index in [9.17, 15) is 9.59 Å². The zero-order chi connectivity index (χ0) is 12.3. The van der Waals surface area contributed by atoms with Gasteiger partial charge in [-0.15, -0.1) is 0 Å². The lowest BCUT2D eigenvalue weighted by Crippen LogP contribution is -2.49. The quantitative estimate of drug-likeness (QED) is 0.585. The number of rotatable bonds is 2. The number of allylic oxidation sites excluding steroid dienone is 1. The Kier molecular flexibility index (Phi) is 3.23. The summed E-state index contributed by atoms with van der Waals surface area (Å²) < 4.78 is 0. The molecule has 1 aliphatic rings. The van der Waals surface area contributed by atoms with Gasteiger partial charge in [-0.1, -0.05) is 30.3 Å². The van der Waals surface area contributed by atoms with Crippen molar-refractivity contribution in [2.75, 3.05) is 6.54 Å². The summed E-state index contributed by atoms with van der Waals surface area (Å²) >= 11 is 0. The Balaban J connectivity index is 2.15. The monoisotopic (exact) mass is 230 g/mol. The summed E-state index contributed by atoms with van der Waals surface area (Å²) in [6.45, 7) is 2.54. The summed E-state index contributed by atoms with van der Waals surface area (Å²) in [5, 5.41) is 5.71. The number of piperazine rings is 1. The second kappa shape index (κ2) is 4.82. The minimum absolute atomic E-state index is 0.0893. The predicted octanol–water partition coefficient (Wildman–Crippen LogP) is 0.861. The molecule has 4 heteroatoms. The van der Waals surface area contributed by atoms with Gasteiger partial charge in [0.05, 0.1) is 0 Å². The molecule has 1 aliphatic heterocycles. The number of carbonyl (C=O) groups excluding carboxylic acids is 2. The van der Waals surface area contributed by atoms with Crippen molar-refractivity contribution in [2.24, 2.45) is 0 Å². The van der Waals surface area contributed by atoms with E-state index in [1.54, 1.807) is 24.3 Å². The summed E-state index contributed by atoms with van der Waals surface area (Å²) in [4.78, 5) is 23.4. The van der Waals surface area contributed by atoms with Gasteiger partial charge in [-0.05, 0) is 6.92 Å². The van der Waals surface area contributed by atoms with Crippen LogP contribution >= 0.6 is 0 Å². The lowest BCUT2D eigenvalue weighted by Gasteiger charge is -2.23. The van der Waals surface area contributed by atoms with Gasteiger partial charge in [0.15, 0.2) is 5.78 Å². The largest absolute Gasteiger partial charge is 0.378 e. The first-order valence-electron chi connectivity index (χ1n) is 5.52. The number of nitrogens with one attached hydrogen (secondary N) is 2. The van der Waals surface area contributed by atoms with Gasteiger partial charge in [-0.25, -0.2) is 0 Å². The van der Waals surface area contributed by atoms with E-state index in [4.69, 9.17) is 0 Å². The third-order valence-electron chi connectivity index (χ3n) is 2.55. The molecule has 1 aromatic carbocycles. The molecule has 0 bridgehead atoms. The van der Waals surface area contributed by atoms with Crippen LogP contribution in [0.1, 0.15) is 17.3 Å². The van der Waals surface area contributed by atoms with Gasteiger partial charge >= 0.3 is 0 Å². The highest BCUT2D eigenvalue weighted by atomic mass is 16.2. The maximum Gasteiger partial charge on any atom is 0.267 e. The second-order valence-corrected chi connectivity index (χ2v) is 4.04. The van der Waals surface area contributed by atoms with E-state index in [-0.39, 0.29) is 17.7 Å². The van der Waals surface area contributed by atoms with Gasteiger partial charge in [-0.2, -0.15) is 0 Å². The van der Waals surface area contributed by atoms with Crippen LogP contribution < -0.4 is 10.6 Å². The third-order valence-corrected chi connectivity index (χ3v) is 2.55. The van der Waals surface area contributed by atoms with Crippen LogP contribution in [0.15, 0.2) is 42.1 Å². The van der Waals surface area contributed by atoms with E-state index >= 15 is 0 Å². The van der Waals surface area contributed by atoms with E-state index < -0.39 is 0 Å². The molecule has 1 amide bonds. The maximum absolute atomic E-state index is 11.8. The fourth-order valence-corrected chi connectivity index (χ4v) is 1.63. The average Bonchev–Trinajstić information content (AvgIpc) is 2.34. The first-order valence-corrected chi connectivity index (χ1v) is 5.52. The molecule has 1 heterocycles. The van der Waals surface area contributed by atoms with Crippen molar-refractivity contribution in [3.8, 4) is 0 Å². The number of benzene rings is 1. The van der Waals surface area contributed by atoms with Gasteiger partial charge in [-0.3, -0.25) is 9.59 Å². The number of ketones is 1. The molecule has 1 aromatic rings. The zero-order valence-corrected chi connectivity index (χ0v) is 9.57. The van der Waals surface area contributed by atoms with Crippen LogP contribution in [0.25, 0.3) is 0 Å². The fraction of sp³-hybridized carbons (Fsp3) is 0.231. The molecule has 1 fully saturated rings. The first kappa shape index (κ1) is 11.4. The zero-order valence-electron chi connectivity index (χ0n) is 9.57. The van der Waals surface area contributed by atoms with Crippen LogP contribution in [0.4, 0.5) is 0 Å². The molecule has 0 unspecified atom stereocenters. The molecule has 0 radical (unpaired) electrons. The Morgan fingerprint density at radius 3 is 2.71 bits per heavy atom. The highest BCUT2D eigenvalue weighted by Gasteiger charge is 2.19. The van der Waals surface area contributed by atoms with Crippen LogP contribution in [0.5, 0.6) is 0 Å². The molecule has 0 aromatic heterocycles. The molecular formula is C13H14N2O2. The van der Waals surface area contributed by atoms with Crippen LogP contribution in [-0.2, 0) is 4.79 Å². The Morgan fingerprint density at radius 2 is 2.06 bits per heavy atom. The highest BCUT2D eigenvalue weighted by Crippen LogP contribution is 2.05. The molecule has 0 aliphatic carbocycles. The van der Waals surface area contributed by atoms with Crippen molar-refractivity contribution in [1.29, 1.82) is 0 Å². The van der Waals surface area contributed by atoms with Crippen LogP contribution in [-0.4, -0.2) is 24.3 Å². The van der Waals surface area contributed by atoms with Crippen LogP contribution in [0, 0.1) is 0 Å². The summed E-state index contributed by atoms with van der Waals surface area (Å²) in [5.41, 5.74) is 0.908. The minimum atomic E-state index is -0.229.